The fourth-order valence-electron chi connectivity index (χ4n) is 1.42. The summed E-state index contributed by atoms with van der Waals surface area (Å²) in [6, 6.07) is 7.22. The molecule has 16 heavy (non-hydrogen) atoms. The fraction of sp³-hybridized carbons (Fsp3) is 0.417. The number of rotatable bonds is 7. The first-order valence-corrected chi connectivity index (χ1v) is 5.41. The highest BCUT2D eigenvalue weighted by atomic mass is 16.5. The van der Waals surface area contributed by atoms with Crippen LogP contribution in [0.2, 0.25) is 0 Å². The molecule has 0 aliphatic carbocycles. The Bertz CT molecular complexity index is 340. The summed E-state index contributed by atoms with van der Waals surface area (Å²) < 4.78 is 5.45. The monoisotopic (exact) mass is 222 g/mol. The molecule has 0 aliphatic heterocycles. The largest absolute Gasteiger partial charge is 0.377 e. The Morgan fingerprint density at radius 2 is 2.00 bits per heavy atom. The number of hydrogen-bond acceptors (Lipinski definition) is 3. The van der Waals surface area contributed by atoms with E-state index in [1.165, 1.54) is 0 Å². The van der Waals surface area contributed by atoms with Gasteiger partial charge in [0, 0.05) is 12.2 Å². The molecule has 1 rings (SSSR count). The molecule has 0 bridgehead atoms. The number of benzene rings is 1. The number of hydrogen-bond donors (Lipinski definition) is 2. The van der Waals surface area contributed by atoms with Gasteiger partial charge in [0.1, 0.15) is 0 Å². The van der Waals surface area contributed by atoms with E-state index in [2.05, 4.69) is 0 Å². The van der Waals surface area contributed by atoms with Crippen molar-refractivity contribution in [2.24, 2.45) is 11.5 Å². The zero-order valence-corrected chi connectivity index (χ0v) is 9.32. The third-order valence-electron chi connectivity index (χ3n) is 2.28. The van der Waals surface area contributed by atoms with Crippen molar-refractivity contribution in [1.82, 2.24) is 0 Å². The summed E-state index contributed by atoms with van der Waals surface area (Å²) in [5, 5.41) is 0. The molecule has 4 heteroatoms. The molecule has 4 N–H and O–H groups in total. The van der Waals surface area contributed by atoms with Gasteiger partial charge in [-0.15, -0.1) is 0 Å². The molecule has 0 saturated carbocycles. The van der Waals surface area contributed by atoms with Gasteiger partial charge < -0.3 is 16.2 Å². The van der Waals surface area contributed by atoms with Gasteiger partial charge in [-0.3, -0.25) is 4.79 Å². The molecule has 0 radical (unpaired) electrons. The minimum atomic E-state index is -0.416. The number of ether oxygens (including phenoxy) is 1. The Kier molecular flexibility index (Phi) is 5.53. The van der Waals surface area contributed by atoms with Crippen molar-refractivity contribution in [1.29, 1.82) is 0 Å². The molecule has 1 aromatic carbocycles. The molecule has 0 aromatic heterocycles. The van der Waals surface area contributed by atoms with Gasteiger partial charge in [0.25, 0.3) is 0 Å². The van der Waals surface area contributed by atoms with Crippen molar-refractivity contribution in [3.05, 3.63) is 35.4 Å². The minimum Gasteiger partial charge on any atom is -0.377 e. The van der Waals surface area contributed by atoms with Gasteiger partial charge in [0.15, 0.2) is 0 Å². The fourth-order valence-corrected chi connectivity index (χ4v) is 1.42. The maximum atomic E-state index is 11.1. The van der Waals surface area contributed by atoms with Crippen LogP contribution in [0.1, 0.15) is 28.8 Å². The van der Waals surface area contributed by atoms with Gasteiger partial charge in [0.05, 0.1) is 6.61 Å². The second-order valence-electron chi connectivity index (χ2n) is 3.57. The summed E-state index contributed by atoms with van der Waals surface area (Å²) in [6.45, 7) is 1.76. The lowest BCUT2D eigenvalue weighted by Gasteiger charge is -2.07. The first-order chi connectivity index (χ1) is 7.75. The molecule has 1 amide bonds. The Hall–Kier alpha value is -1.39. The Morgan fingerprint density at radius 3 is 2.69 bits per heavy atom. The molecule has 0 spiro atoms. The topological polar surface area (TPSA) is 78.3 Å². The second-order valence-corrected chi connectivity index (χ2v) is 3.57. The van der Waals surface area contributed by atoms with Gasteiger partial charge in [-0.1, -0.05) is 18.2 Å². The summed E-state index contributed by atoms with van der Waals surface area (Å²) in [5.41, 5.74) is 12.0. The van der Waals surface area contributed by atoms with Crippen LogP contribution in [0.3, 0.4) is 0 Å². The van der Waals surface area contributed by atoms with Crippen LogP contribution < -0.4 is 11.5 Å². The molecule has 0 atom stereocenters. The summed E-state index contributed by atoms with van der Waals surface area (Å²) in [6.07, 6.45) is 1.90. The minimum absolute atomic E-state index is 0.416. The maximum absolute atomic E-state index is 11.1. The van der Waals surface area contributed by atoms with Crippen LogP contribution >= 0.6 is 0 Å². The van der Waals surface area contributed by atoms with Crippen LogP contribution in [-0.2, 0) is 11.3 Å². The van der Waals surface area contributed by atoms with Gasteiger partial charge in [0.2, 0.25) is 5.91 Å². The molecule has 0 unspecified atom stereocenters. The van der Waals surface area contributed by atoms with Crippen molar-refractivity contribution < 1.29 is 9.53 Å². The molecule has 0 saturated heterocycles. The average molecular weight is 222 g/mol. The standard InChI is InChI=1S/C12H18N2O2/c13-7-3-4-8-16-9-10-5-1-2-6-11(10)12(14)15/h1-2,5-6H,3-4,7-9,13H2,(H2,14,15). The molecular formula is C12H18N2O2. The third kappa shape index (κ3) is 4.00. The van der Waals surface area contributed by atoms with Crippen molar-refractivity contribution in [2.45, 2.75) is 19.4 Å². The second kappa shape index (κ2) is 6.98. The van der Waals surface area contributed by atoms with Crippen LogP contribution in [0.15, 0.2) is 24.3 Å². The summed E-state index contributed by atoms with van der Waals surface area (Å²) in [7, 11) is 0. The van der Waals surface area contributed by atoms with Crippen molar-refractivity contribution in [2.75, 3.05) is 13.2 Å². The van der Waals surface area contributed by atoms with Crippen LogP contribution in [0.25, 0.3) is 0 Å². The summed E-state index contributed by atoms with van der Waals surface area (Å²) >= 11 is 0. The number of carbonyl (C=O) groups is 1. The Labute approximate surface area is 95.6 Å². The van der Waals surface area contributed by atoms with Gasteiger partial charge >= 0.3 is 0 Å². The smallest absolute Gasteiger partial charge is 0.249 e. The lowest BCUT2D eigenvalue weighted by molar-refractivity contribution is 0.0982. The summed E-state index contributed by atoms with van der Waals surface area (Å²) in [4.78, 5) is 11.1. The molecule has 0 fully saturated rings. The lowest BCUT2D eigenvalue weighted by atomic mass is 10.1. The van der Waals surface area contributed by atoms with E-state index in [9.17, 15) is 4.79 Å². The van der Waals surface area contributed by atoms with E-state index in [1.54, 1.807) is 12.1 Å². The van der Waals surface area contributed by atoms with Crippen molar-refractivity contribution in [3.8, 4) is 0 Å². The summed E-state index contributed by atoms with van der Waals surface area (Å²) in [5.74, 6) is -0.416. The van der Waals surface area contributed by atoms with E-state index >= 15 is 0 Å². The number of amides is 1. The first kappa shape index (κ1) is 12.7. The number of nitrogens with two attached hydrogens (primary N) is 2. The SMILES string of the molecule is NCCCCOCc1ccccc1C(N)=O. The lowest BCUT2D eigenvalue weighted by Crippen LogP contribution is -2.14. The Balaban J connectivity index is 2.44. The van der Waals surface area contributed by atoms with Crippen LogP contribution in [0.4, 0.5) is 0 Å². The van der Waals surface area contributed by atoms with E-state index in [0.29, 0.717) is 25.3 Å². The van der Waals surface area contributed by atoms with E-state index in [-0.39, 0.29) is 0 Å². The molecule has 0 aliphatic rings. The zero-order chi connectivity index (χ0) is 11.8. The highest BCUT2D eigenvalue weighted by Gasteiger charge is 2.06. The van der Waals surface area contributed by atoms with E-state index < -0.39 is 5.91 Å². The number of unbranched alkanes of at least 4 members (excludes halogenated alkanes) is 1. The van der Waals surface area contributed by atoms with Gasteiger partial charge in [-0.05, 0) is 31.0 Å². The highest BCUT2D eigenvalue weighted by Crippen LogP contribution is 2.09. The Morgan fingerprint density at radius 1 is 1.25 bits per heavy atom. The molecule has 1 aromatic rings. The molecular weight excluding hydrogens is 204 g/mol. The zero-order valence-electron chi connectivity index (χ0n) is 9.32. The normalized spacial score (nSPS) is 10.3. The van der Waals surface area contributed by atoms with E-state index in [1.807, 2.05) is 12.1 Å². The van der Waals surface area contributed by atoms with Crippen LogP contribution in [0.5, 0.6) is 0 Å². The van der Waals surface area contributed by atoms with Crippen molar-refractivity contribution >= 4 is 5.91 Å². The van der Waals surface area contributed by atoms with Crippen LogP contribution in [0, 0.1) is 0 Å². The van der Waals surface area contributed by atoms with Crippen molar-refractivity contribution in [3.63, 3.8) is 0 Å². The van der Waals surface area contributed by atoms with Gasteiger partial charge in [-0.2, -0.15) is 0 Å². The molecule has 0 heterocycles. The number of primary amides is 1. The quantitative estimate of drug-likeness (QED) is 0.677. The average Bonchev–Trinajstić information content (AvgIpc) is 2.29. The van der Waals surface area contributed by atoms with Gasteiger partial charge in [-0.25, -0.2) is 0 Å². The number of carbonyl (C=O) groups excluding carboxylic acids is 1. The van der Waals surface area contributed by atoms with Crippen LogP contribution in [-0.4, -0.2) is 19.1 Å². The molecule has 4 nitrogen and oxygen atoms in total. The van der Waals surface area contributed by atoms with E-state index in [0.717, 1.165) is 18.4 Å². The predicted octanol–water partition coefficient (Wildman–Crippen LogP) is 1.04. The third-order valence-corrected chi connectivity index (χ3v) is 2.28. The van der Waals surface area contributed by atoms with E-state index in [4.69, 9.17) is 16.2 Å². The highest BCUT2D eigenvalue weighted by molar-refractivity contribution is 5.94. The predicted molar refractivity (Wildman–Crippen MR) is 62.9 cm³/mol. The molecule has 88 valence electrons. The maximum Gasteiger partial charge on any atom is 0.249 e. The first-order valence-electron chi connectivity index (χ1n) is 5.41.